The summed E-state index contributed by atoms with van der Waals surface area (Å²) in [6.07, 6.45) is 5.41. The molecule has 0 atom stereocenters. The van der Waals surface area contributed by atoms with Crippen molar-refractivity contribution < 1.29 is 9.47 Å². The molecule has 2 aromatic rings. The van der Waals surface area contributed by atoms with Gasteiger partial charge in [0.15, 0.2) is 11.5 Å². The molecule has 0 fully saturated rings. The third-order valence-electron chi connectivity index (χ3n) is 3.87. The van der Waals surface area contributed by atoms with Gasteiger partial charge >= 0.3 is 0 Å². The number of nitrogens with two attached hydrogens (primary N) is 1. The van der Waals surface area contributed by atoms with E-state index < -0.39 is 0 Å². The van der Waals surface area contributed by atoms with Crippen LogP contribution in [0.1, 0.15) is 30.4 Å². The molecule has 0 bridgehead atoms. The summed E-state index contributed by atoms with van der Waals surface area (Å²) >= 11 is 0. The van der Waals surface area contributed by atoms with Gasteiger partial charge in [0, 0.05) is 0 Å². The van der Waals surface area contributed by atoms with Crippen molar-refractivity contribution in [1.29, 1.82) is 0 Å². The number of ether oxygens (including phenoxy) is 2. The van der Waals surface area contributed by atoms with Gasteiger partial charge in [-0.05, 0) is 61.9 Å². The lowest BCUT2D eigenvalue weighted by atomic mass is 10.1. The minimum Gasteiger partial charge on any atom is -0.493 e. The van der Waals surface area contributed by atoms with Crippen molar-refractivity contribution in [3.63, 3.8) is 0 Å². The van der Waals surface area contributed by atoms with E-state index in [1.54, 1.807) is 7.11 Å². The highest BCUT2D eigenvalue weighted by molar-refractivity contribution is 5.43. The van der Waals surface area contributed by atoms with Gasteiger partial charge in [0.1, 0.15) is 0 Å². The lowest BCUT2D eigenvalue weighted by molar-refractivity contribution is 0.285. The van der Waals surface area contributed by atoms with E-state index in [1.165, 1.54) is 24.0 Å². The summed E-state index contributed by atoms with van der Waals surface area (Å²) in [5, 5.41) is 0. The Morgan fingerprint density at radius 3 is 2.39 bits per heavy atom. The molecule has 23 heavy (non-hydrogen) atoms. The van der Waals surface area contributed by atoms with E-state index in [9.17, 15) is 0 Å². The molecule has 0 aliphatic rings. The molecule has 0 heterocycles. The van der Waals surface area contributed by atoms with Crippen molar-refractivity contribution in [2.24, 2.45) is 5.73 Å². The maximum Gasteiger partial charge on any atom is 0.161 e. The monoisotopic (exact) mass is 313 g/mol. The third-order valence-corrected chi connectivity index (χ3v) is 3.87. The highest BCUT2D eigenvalue weighted by Gasteiger charge is 2.05. The number of aryl methyl sites for hydroxylation is 1. The highest BCUT2D eigenvalue weighted by Crippen LogP contribution is 2.28. The lowest BCUT2D eigenvalue weighted by Gasteiger charge is -2.12. The normalized spacial score (nSPS) is 10.5. The summed E-state index contributed by atoms with van der Waals surface area (Å²) in [4.78, 5) is 0. The molecule has 0 aliphatic carbocycles. The smallest absolute Gasteiger partial charge is 0.161 e. The van der Waals surface area contributed by atoms with Gasteiger partial charge in [-0.1, -0.05) is 36.4 Å². The summed E-state index contributed by atoms with van der Waals surface area (Å²) in [6, 6.07) is 16.7. The molecule has 124 valence electrons. The summed E-state index contributed by atoms with van der Waals surface area (Å²) in [6.45, 7) is 1.37. The molecule has 3 heteroatoms. The van der Waals surface area contributed by atoms with E-state index in [0.29, 0.717) is 6.54 Å². The SMILES string of the molecule is COc1cc(CCN)ccc1OCCCCCc1ccccc1. The van der Waals surface area contributed by atoms with Crippen LogP contribution in [0.25, 0.3) is 0 Å². The van der Waals surface area contributed by atoms with Gasteiger partial charge in [0.2, 0.25) is 0 Å². The Bertz CT molecular complexity index is 569. The molecular formula is C20H27NO2. The Balaban J connectivity index is 1.69. The van der Waals surface area contributed by atoms with Crippen LogP contribution in [0.5, 0.6) is 11.5 Å². The molecule has 2 N–H and O–H groups in total. The van der Waals surface area contributed by atoms with Gasteiger partial charge in [0.05, 0.1) is 13.7 Å². The van der Waals surface area contributed by atoms with Gasteiger partial charge in [-0.2, -0.15) is 0 Å². The Kier molecular flexibility index (Phi) is 7.47. The van der Waals surface area contributed by atoms with Crippen LogP contribution in [0.15, 0.2) is 48.5 Å². The molecule has 2 aromatic carbocycles. The van der Waals surface area contributed by atoms with E-state index in [1.807, 2.05) is 12.1 Å². The average molecular weight is 313 g/mol. The Morgan fingerprint density at radius 1 is 0.826 bits per heavy atom. The first-order valence-electron chi connectivity index (χ1n) is 8.37. The first-order chi connectivity index (χ1) is 11.3. The summed E-state index contributed by atoms with van der Waals surface area (Å²) in [7, 11) is 1.67. The maximum atomic E-state index is 5.86. The van der Waals surface area contributed by atoms with Crippen LogP contribution < -0.4 is 15.2 Å². The summed E-state index contributed by atoms with van der Waals surface area (Å²) in [5.41, 5.74) is 8.17. The van der Waals surface area contributed by atoms with Crippen molar-refractivity contribution >= 4 is 0 Å². The predicted octanol–water partition coefficient (Wildman–Crippen LogP) is 3.99. The molecule has 0 spiro atoms. The topological polar surface area (TPSA) is 44.5 Å². The molecule has 0 saturated heterocycles. The second-order valence-electron chi connectivity index (χ2n) is 5.67. The zero-order valence-electron chi connectivity index (χ0n) is 14.0. The Hall–Kier alpha value is -2.00. The van der Waals surface area contributed by atoms with Gasteiger partial charge in [-0.25, -0.2) is 0 Å². The van der Waals surface area contributed by atoms with E-state index in [-0.39, 0.29) is 0 Å². The van der Waals surface area contributed by atoms with E-state index in [2.05, 4.69) is 36.4 Å². The van der Waals surface area contributed by atoms with Crippen LogP contribution in [-0.2, 0) is 12.8 Å². The molecule has 0 saturated carbocycles. The Labute approximate surface area is 139 Å². The van der Waals surface area contributed by atoms with Crippen LogP contribution >= 0.6 is 0 Å². The molecule has 0 amide bonds. The molecule has 0 unspecified atom stereocenters. The lowest BCUT2D eigenvalue weighted by Crippen LogP contribution is -2.04. The fourth-order valence-electron chi connectivity index (χ4n) is 2.59. The van der Waals surface area contributed by atoms with Crippen molar-refractivity contribution in [3.8, 4) is 11.5 Å². The minimum atomic E-state index is 0.644. The average Bonchev–Trinajstić information content (AvgIpc) is 2.60. The van der Waals surface area contributed by atoms with Crippen LogP contribution in [-0.4, -0.2) is 20.3 Å². The molecule has 2 rings (SSSR count). The largest absolute Gasteiger partial charge is 0.493 e. The first kappa shape index (κ1) is 17.4. The second kappa shape index (κ2) is 9.90. The van der Waals surface area contributed by atoms with Crippen molar-refractivity contribution in [1.82, 2.24) is 0 Å². The predicted molar refractivity (Wildman–Crippen MR) is 95.2 cm³/mol. The van der Waals surface area contributed by atoms with Crippen LogP contribution in [0.2, 0.25) is 0 Å². The molecule has 0 aromatic heterocycles. The van der Waals surface area contributed by atoms with Gasteiger partial charge < -0.3 is 15.2 Å². The minimum absolute atomic E-state index is 0.644. The molecule has 0 aliphatic heterocycles. The molecule has 3 nitrogen and oxygen atoms in total. The van der Waals surface area contributed by atoms with E-state index in [4.69, 9.17) is 15.2 Å². The zero-order valence-corrected chi connectivity index (χ0v) is 14.0. The maximum absolute atomic E-state index is 5.86. The zero-order chi connectivity index (χ0) is 16.3. The fourth-order valence-corrected chi connectivity index (χ4v) is 2.59. The molecular weight excluding hydrogens is 286 g/mol. The van der Waals surface area contributed by atoms with Crippen LogP contribution in [0, 0.1) is 0 Å². The van der Waals surface area contributed by atoms with E-state index in [0.717, 1.165) is 37.4 Å². The van der Waals surface area contributed by atoms with E-state index >= 15 is 0 Å². The number of hydrogen-bond donors (Lipinski definition) is 1. The Morgan fingerprint density at radius 2 is 1.65 bits per heavy atom. The first-order valence-corrected chi connectivity index (χ1v) is 8.37. The highest BCUT2D eigenvalue weighted by atomic mass is 16.5. The number of unbranched alkanes of at least 4 members (excludes halogenated alkanes) is 2. The van der Waals surface area contributed by atoms with Gasteiger partial charge in [-0.15, -0.1) is 0 Å². The number of methoxy groups -OCH3 is 1. The van der Waals surface area contributed by atoms with Gasteiger partial charge in [0.25, 0.3) is 0 Å². The quantitative estimate of drug-likeness (QED) is 0.675. The molecule has 0 radical (unpaired) electrons. The van der Waals surface area contributed by atoms with Crippen molar-refractivity contribution in [3.05, 3.63) is 59.7 Å². The van der Waals surface area contributed by atoms with Crippen molar-refractivity contribution in [2.45, 2.75) is 32.1 Å². The fraction of sp³-hybridized carbons (Fsp3) is 0.400. The second-order valence-corrected chi connectivity index (χ2v) is 5.67. The van der Waals surface area contributed by atoms with Crippen LogP contribution in [0.4, 0.5) is 0 Å². The third kappa shape index (κ3) is 5.95. The number of rotatable bonds is 10. The summed E-state index contributed by atoms with van der Waals surface area (Å²) < 4.78 is 11.3. The standard InChI is InChI=1S/C20H27NO2/c1-22-20-16-18(13-14-21)11-12-19(20)23-15-7-3-6-10-17-8-4-2-5-9-17/h2,4-5,8-9,11-12,16H,3,6-7,10,13-15,21H2,1H3. The van der Waals surface area contributed by atoms with Crippen LogP contribution in [0.3, 0.4) is 0 Å². The van der Waals surface area contributed by atoms with Crippen molar-refractivity contribution in [2.75, 3.05) is 20.3 Å². The van der Waals surface area contributed by atoms with Gasteiger partial charge in [-0.3, -0.25) is 0 Å². The number of hydrogen-bond acceptors (Lipinski definition) is 3. The summed E-state index contributed by atoms with van der Waals surface area (Å²) in [5.74, 6) is 1.61. The number of benzene rings is 2.